The van der Waals surface area contributed by atoms with E-state index < -0.39 is 21.2 Å². The number of benzene rings is 3. The zero-order valence-electron chi connectivity index (χ0n) is 20.1. The summed E-state index contributed by atoms with van der Waals surface area (Å²) in [5.41, 5.74) is 3.72. The van der Waals surface area contributed by atoms with E-state index in [9.17, 15) is 17.6 Å². The molecular formula is C24H21FN6O5S2. The highest BCUT2D eigenvalue weighted by molar-refractivity contribution is 8.00. The first-order chi connectivity index (χ1) is 18.3. The van der Waals surface area contributed by atoms with Crippen molar-refractivity contribution >= 4 is 34.0 Å². The van der Waals surface area contributed by atoms with Crippen molar-refractivity contribution in [2.24, 2.45) is 5.10 Å². The summed E-state index contributed by atoms with van der Waals surface area (Å²) in [5, 5.41) is 15.5. The van der Waals surface area contributed by atoms with Gasteiger partial charge in [-0.3, -0.25) is 4.79 Å². The van der Waals surface area contributed by atoms with Crippen LogP contribution in [0.4, 0.5) is 4.39 Å². The first-order valence-electron chi connectivity index (χ1n) is 11.0. The third-order valence-corrected chi connectivity index (χ3v) is 7.25. The number of hydrogen-bond acceptors (Lipinski definition) is 10. The van der Waals surface area contributed by atoms with Crippen molar-refractivity contribution in [2.45, 2.75) is 22.2 Å². The number of rotatable bonds is 10. The summed E-state index contributed by atoms with van der Waals surface area (Å²) in [6.45, 7) is 1.69. The van der Waals surface area contributed by atoms with Crippen LogP contribution in [-0.4, -0.2) is 53.1 Å². The number of nitrogens with one attached hydrogen (secondary N) is 1. The summed E-state index contributed by atoms with van der Waals surface area (Å²) >= 11 is 1.16. The zero-order valence-corrected chi connectivity index (χ0v) is 21.7. The maximum Gasteiger partial charge on any atom is 0.339 e. The fraction of sp³-hybridized carbons (Fsp3) is 0.125. The highest BCUT2D eigenvalue weighted by atomic mass is 32.2. The number of hydrazone groups is 1. The molecule has 1 N–H and O–H groups in total. The molecule has 0 aliphatic rings. The average Bonchev–Trinajstić information content (AvgIpc) is 3.38. The molecule has 0 bridgehead atoms. The molecule has 11 nitrogen and oxygen atoms in total. The van der Waals surface area contributed by atoms with Gasteiger partial charge in [0.05, 0.1) is 24.3 Å². The topological polar surface area (TPSA) is 138 Å². The van der Waals surface area contributed by atoms with Gasteiger partial charge in [-0.15, -0.1) is 5.10 Å². The summed E-state index contributed by atoms with van der Waals surface area (Å²) in [7, 11) is -2.87. The van der Waals surface area contributed by atoms with E-state index >= 15 is 0 Å². The van der Waals surface area contributed by atoms with Crippen LogP contribution in [0.2, 0.25) is 0 Å². The molecule has 14 heteroatoms. The van der Waals surface area contributed by atoms with Crippen molar-refractivity contribution in [2.75, 3.05) is 7.11 Å². The monoisotopic (exact) mass is 556 g/mol. The largest absolute Gasteiger partial charge is 0.493 e. The lowest BCUT2D eigenvalue weighted by Gasteiger charge is -2.11. The molecule has 0 aliphatic heterocycles. The Morgan fingerprint density at radius 1 is 1.11 bits per heavy atom. The molecule has 1 atom stereocenters. The maximum atomic E-state index is 13.1. The van der Waals surface area contributed by atoms with Gasteiger partial charge in [0.1, 0.15) is 10.7 Å². The number of ether oxygens (including phenoxy) is 1. The highest BCUT2D eigenvalue weighted by Crippen LogP contribution is 2.30. The van der Waals surface area contributed by atoms with Crippen LogP contribution >= 0.6 is 11.8 Å². The van der Waals surface area contributed by atoms with Gasteiger partial charge in [0.15, 0.2) is 11.5 Å². The third kappa shape index (κ3) is 6.52. The summed E-state index contributed by atoms with van der Waals surface area (Å²) in [6, 6.07) is 17.9. The molecule has 0 aliphatic carbocycles. The molecule has 196 valence electrons. The quantitative estimate of drug-likeness (QED) is 0.135. The number of tetrazole rings is 1. The van der Waals surface area contributed by atoms with E-state index in [-0.39, 0.29) is 22.3 Å². The Balaban J connectivity index is 1.38. The number of para-hydroxylation sites is 1. The SMILES string of the molecule is COc1cc(C=NNC(=O)[C@H](C)Sc2nnnn2-c2ccccc2)ccc1OS(=O)(=O)c1ccc(F)cc1. The Bertz CT molecular complexity index is 1550. The van der Waals surface area contributed by atoms with Gasteiger partial charge in [-0.25, -0.2) is 9.82 Å². The fourth-order valence-electron chi connectivity index (χ4n) is 3.06. The number of nitrogens with zero attached hydrogens (tertiary/aromatic N) is 5. The minimum atomic E-state index is -4.21. The van der Waals surface area contributed by atoms with Crippen LogP contribution in [0.1, 0.15) is 12.5 Å². The first kappa shape index (κ1) is 26.8. The minimum Gasteiger partial charge on any atom is -0.493 e. The maximum absolute atomic E-state index is 13.1. The second kappa shape index (κ2) is 11.8. The van der Waals surface area contributed by atoms with Crippen LogP contribution in [0, 0.1) is 5.82 Å². The smallest absolute Gasteiger partial charge is 0.339 e. The molecule has 4 rings (SSSR count). The Morgan fingerprint density at radius 3 is 2.55 bits per heavy atom. The molecule has 3 aromatic carbocycles. The summed E-state index contributed by atoms with van der Waals surface area (Å²) in [4.78, 5) is 12.3. The lowest BCUT2D eigenvalue weighted by molar-refractivity contribution is -0.120. The van der Waals surface area contributed by atoms with E-state index in [2.05, 4.69) is 26.1 Å². The van der Waals surface area contributed by atoms with Crippen molar-refractivity contribution < 1.29 is 26.5 Å². The molecule has 0 radical (unpaired) electrons. The van der Waals surface area contributed by atoms with Gasteiger partial charge >= 0.3 is 10.1 Å². The van der Waals surface area contributed by atoms with E-state index in [0.717, 1.165) is 41.7 Å². The molecule has 0 saturated carbocycles. The highest BCUT2D eigenvalue weighted by Gasteiger charge is 2.20. The number of methoxy groups -OCH3 is 1. The molecule has 1 heterocycles. The summed E-state index contributed by atoms with van der Waals surface area (Å²) in [6.07, 6.45) is 1.37. The molecule has 0 saturated heterocycles. The lowest BCUT2D eigenvalue weighted by Crippen LogP contribution is -2.27. The lowest BCUT2D eigenvalue weighted by atomic mass is 10.2. The van der Waals surface area contributed by atoms with Crippen molar-refractivity contribution in [3.05, 3.63) is 84.2 Å². The van der Waals surface area contributed by atoms with Gasteiger partial charge in [0, 0.05) is 0 Å². The van der Waals surface area contributed by atoms with Crippen LogP contribution in [0.5, 0.6) is 11.5 Å². The molecule has 0 fully saturated rings. The van der Waals surface area contributed by atoms with Gasteiger partial charge in [-0.05, 0) is 77.5 Å². The number of carbonyl (C=O) groups is 1. The van der Waals surface area contributed by atoms with E-state index in [1.54, 1.807) is 6.92 Å². The predicted molar refractivity (Wildman–Crippen MR) is 137 cm³/mol. The Kier molecular flexibility index (Phi) is 8.33. The summed E-state index contributed by atoms with van der Waals surface area (Å²) in [5.74, 6) is -0.911. The third-order valence-electron chi connectivity index (χ3n) is 4.97. The molecule has 38 heavy (non-hydrogen) atoms. The van der Waals surface area contributed by atoms with E-state index in [1.807, 2.05) is 30.3 Å². The van der Waals surface area contributed by atoms with Gasteiger partial charge in [-0.2, -0.15) is 18.2 Å². The van der Waals surface area contributed by atoms with Gasteiger partial charge in [-0.1, -0.05) is 30.0 Å². The molecule has 0 unspecified atom stereocenters. The van der Waals surface area contributed by atoms with E-state index in [4.69, 9.17) is 8.92 Å². The first-order valence-corrected chi connectivity index (χ1v) is 13.3. The number of thioether (sulfide) groups is 1. The fourth-order valence-corrected chi connectivity index (χ4v) is 4.80. The molecule has 1 amide bonds. The van der Waals surface area contributed by atoms with Crippen LogP contribution in [0.3, 0.4) is 0 Å². The number of amides is 1. The normalized spacial score (nSPS) is 12.3. The Labute approximate surface area is 221 Å². The number of carbonyl (C=O) groups excluding carboxylic acids is 1. The number of hydrogen-bond donors (Lipinski definition) is 1. The van der Waals surface area contributed by atoms with Crippen LogP contribution in [0.15, 0.2) is 87.9 Å². The van der Waals surface area contributed by atoms with Gasteiger partial charge < -0.3 is 8.92 Å². The Hall–Kier alpha value is -4.30. The van der Waals surface area contributed by atoms with Crippen molar-refractivity contribution in [1.82, 2.24) is 25.6 Å². The average molecular weight is 557 g/mol. The predicted octanol–water partition coefficient (Wildman–Crippen LogP) is 3.21. The van der Waals surface area contributed by atoms with Gasteiger partial charge in [0.25, 0.3) is 5.91 Å². The van der Waals surface area contributed by atoms with E-state index in [0.29, 0.717) is 10.7 Å². The number of halogens is 1. The summed E-state index contributed by atoms with van der Waals surface area (Å²) < 4.78 is 50.1. The molecule has 4 aromatic rings. The minimum absolute atomic E-state index is 0.0702. The number of aromatic nitrogens is 4. The van der Waals surface area contributed by atoms with Crippen molar-refractivity contribution in [3.63, 3.8) is 0 Å². The zero-order chi connectivity index (χ0) is 27.1. The van der Waals surface area contributed by atoms with E-state index in [1.165, 1.54) is 36.2 Å². The standard InChI is InChI=1S/C24H21FN6O5S2/c1-16(37-24-28-29-30-31(24)19-6-4-3-5-7-19)23(32)27-26-15-17-8-13-21(22(14-17)35-2)36-38(33,34)20-11-9-18(25)10-12-20/h3-16H,1-2H3,(H,27,32)/t16-/m0/s1. The van der Waals surface area contributed by atoms with Gasteiger partial charge in [0.2, 0.25) is 5.16 Å². The van der Waals surface area contributed by atoms with Crippen LogP contribution in [-0.2, 0) is 14.9 Å². The Morgan fingerprint density at radius 2 is 1.84 bits per heavy atom. The molecule has 1 aromatic heterocycles. The van der Waals surface area contributed by atoms with Crippen LogP contribution in [0.25, 0.3) is 5.69 Å². The molecule has 0 spiro atoms. The second-order valence-corrected chi connectivity index (χ2v) is 10.5. The van der Waals surface area contributed by atoms with Crippen LogP contribution < -0.4 is 14.3 Å². The second-order valence-electron chi connectivity index (χ2n) is 7.60. The molecular weight excluding hydrogens is 535 g/mol. The van der Waals surface area contributed by atoms with Crippen molar-refractivity contribution in [3.8, 4) is 17.2 Å². The van der Waals surface area contributed by atoms with Crippen molar-refractivity contribution in [1.29, 1.82) is 0 Å².